The second kappa shape index (κ2) is 8.67. The van der Waals surface area contributed by atoms with E-state index in [1.165, 1.54) is 18.2 Å². The number of rotatable bonds is 5. The zero-order valence-corrected chi connectivity index (χ0v) is 18.2. The molecule has 7 heteroatoms. The minimum Gasteiger partial charge on any atom is -0.343 e. The van der Waals surface area contributed by atoms with Crippen molar-refractivity contribution in [2.24, 2.45) is 0 Å². The molecule has 0 atom stereocenters. The molecule has 0 saturated carbocycles. The zero-order chi connectivity index (χ0) is 22.9. The predicted octanol–water partition coefficient (Wildman–Crippen LogP) is 6.20. The predicted molar refractivity (Wildman–Crippen MR) is 125 cm³/mol. The molecule has 1 fully saturated rings. The van der Waals surface area contributed by atoms with Crippen molar-refractivity contribution < 1.29 is 18.4 Å². The Morgan fingerprint density at radius 3 is 2.55 bits per heavy atom. The quantitative estimate of drug-likeness (QED) is 0.333. The van der Waals surface area contributed by atoms with Crippen molar-refractivity contribution in [3.63, 3.8) is 0 Å². The van der Waals surface area contributed by atoms with E-state index in [9.17, 15) is 18.4 Å². The van der Waals surface area contributed by atoms with Crippen LogP contribution in [0.15, 0.2) is 83.9 Å². The molecule has 0 unspecified atom stereocenters. The largest absolute Gasteiger partial charge is 0.343 e. The van der Waals surface area contributed by atoms with E-state index in [1.807, 2.05) is 41.1 Å². The van der Waals surface area contributed by atoms with Crippen LogP contribution in [0.4, 0.5) is 13.6 Å². The maximum atomic E-state index is 14.0. The van der Waals surface area contributed by atoms with Crippen LogP contribution in [0.2, 0.25) is 0 Å². The van der Waals surface area contributed by atoms with Crippen LogP contribution in [0.25, 0.3) is 17.0 Å². The van der Waals surface area contributed by atoms with Crippen LogP contribution < -0.4 is 0 Å². The highest BCUT2D eigenvalue weighted by atomic mass is 32.2. The van der Waals surface area contributed by atoms with Gasteiger partial charge in [-0.05, 0) is 65.4 Å². The lowest BCUT2D eigenvalue weighted by Gasteiger charge is -2.12. The molecule has 0 radical (unpaired) electrons. The van der Waals surface area contributed by atoms with Gasteiger partial charge < -0.3 is 4.57 Å². The van der Waals surface area contributed by atoms with Gasteiger partial charge >= 0.3 is 0 Å². The van der Waals surface area contributed by atoms with E-state index in [0.29, 0.717) is 17.0 Å². The smallest absolute Gasteiger partial charge is 0.293 e. The summed E-state index contributed by atoms with van der Waals surface area (Å²) in [5.74, 6) is -1.15. The van der Waals surface area contributed by atoms with Gasteiger partial charge in [-0.3, -0.25) is 14.5 Å². The van der Waals surface area contributed by atoms with Crippen LogP contribution in [0.1, 0.15) is 16.7 Å². The Labute approximate surface area is 193 Å². The zero-order valence-electron chi connectivity index (χ0n) is 17.4. The summed E-state index contributed by atoms with van der Waals surface area (Å²) in [6.07, 6.45) is 3.61. The first-order chi connectivity index (χ1) is 16.0. The van der Waals surface area contributed by atoms with Gasteiger partial charge in [-0.15, -0.1) is 0 Å². The molecular weight excluding hydrogens is 442 g/mol. The van der Waals surface area contributed by atoms with Gasteiger partial charge in [0.2, 0.25) is 0 Å². The Bertz CT molecular complexity index is 1430. The number of nitrogens with zero attached hydrogens (tertiary/aromatic N) is 2. The van der Waals surface area contributed by atoms with E-state index in [1.54, 1.807) is 30.3 Å². The van der Waals surface area contributed by atoms with Gasteiger partial charge in [-0.1, -0.05) is 36.4 Å². The number of fused-ring (bicyclic) bond motifs is 1. The summed E-state index contributed by atoms with van der Waals surface area (Å²) in [7, 11) is 0. The first-order valence-corrected chi connectivity index (χ1v) is 11.1. The van der Waals surface area contributed by atoms with Gasteiger partial charge in [0.1, 0.15) is 11.6 Å². The van der Waals surface area contributed by atoms with Crippen molar-refractivity contribution >= 4 is 39.9 Å². The Morgan fingerprint density at radius 2 is 1.73 bits per heavy atom. The highest BCUT2D eigenvalue weighted by molar-refractivity contribution is 8.18. The first-order valence-electron chi connectivity index (χ1n) is 10.3. The van der Waals surface area contributed by atoms with E-state index in [2.05, 4.69) is 0 Å². The Balaban J connectivity index is 1.37. The molecule has 2 amide bonds. The van der Waals surface area contributed by atoms with E-state index in [0.717, 1.165) is 38.7 Å². The molecule has 4 aromatic rings. The standard InChI is InChI=1S/C26H18F2N2O2S/c27-21-6-3-4-18(13-21)15-29-11-10-19-12-17(8-9-23(19)29)14-24-25(31)30(26(32)33-24)16-20-5-1-2-7-22(20)28/h1-14H,15-16H2/b24-14+. The molecule has 0 aliphatic carbocycles. The minimum atomic E-state index is -0.450. The molecule has 5 rings (SSSR count). The van der Waals surface area contributed by atoms with Crippen molar-refractivity contribution in [3.05, 3.63) is 112 Å². The Hall–Kier alpha value is -3.71. The third-order valence-corrected chi connectivity index (χ3v) is 6.40. The second-order valence-electron chi connectivity index (χ2n) is 7.75. The molecule has 2 heterocycles. The molecule has 33 heavy (non-hydrogen) atoms. The van der Waals surface area contributed by atoms with Gasteiger partial charge in [0.25, 0.3) is 11.1 Å². The van der Waals surface area contributed by atoms with Crippen molar-refractivity contribution in [1.29, 1.82) is 0 Å². The topological polar surface area (TPSA) is 42.3 Å². The van der Waals surface area contributed by atoms with Crippen LogP contribution in [0, 0.1) is 11.6 Å². The molecule has 3 aromatic carbocycles. The molecule has 4 nitrogen and oxygen atoms in total. The SMILES string of the molecule is O=C1S/C(=C/c2ccc3c(ccn3Cc3cccc(F)c3)c2)C(=O)N1Cc1ccccc1F. The summed E-state index contributed by atoms with van der Waals surface area (Å²) >= 11 is 0.851. The summed E-state index contributed by atoms with van der Waals surface area (Å²) in [4.78, 5) is 26.5. The van der Waals surface area contributed by atoms with Crippen LogP contribution in [0.5, 0.6) is 0 Å². The number of aromatic nitrogens is 1. The third-order valence-electron chi connectivity index (χ3n) is 5.49. The maximum absolute atomic E-state index is 14.0. The number of carbonyl (C=O) groups excluding carboxylic acids is 2. The molecule has 0 N–H and O–H groups in total. The number of carbonyl (C=O) groups is 2. The highest BCUT2D eigenvalue weighted by Crippen LogP contribution is 2.34. The molecule has 0 bridgehead atoms. The van der Waals surface area contributed by atoms with Gasteiger partial charge in [0, 0.05) is 29.2 Å². The van der Waals surface area contributed by atoms with Crippen LogP contribution in [-0.2, 0) is 17.9 Å². The average Bonchev–Trinajstić information content (AvgIpc) is 3.30. The van der Waals surface area contributed by atoms with Crippen molar-refractivity contribution in [2.75, 3.05) is 0 Å². The summed E-state index contributed by atoms with van der Waals surface area (Å²) in [6.45, 7) is 0.437. The molecule has 1 aliphatic heterocycles. The summed E-state index contributed by atoms with van der Waals surface area (Å²) < 4.78 is 29.5. The molecule has 0 spiro atoms. The molecule has 1 aliphatic rings. The summed E-state index contributed by atoms with van der Waals surface area (Å²) in [5, 5.41) is 0.544. The lowest BCUT2D eigenvalue weighted by Crippen LogP contribution is -2.27. The van der Waals surface area contributed by atoms with Crippen molar-refractivity contribution in [2.45, 2.75) is 13.1 Å². The number of hydrogen-bond acceptors (Lipinski definition) is 3. The number of halogens is 2. The van der Waals surface area contributed by atoms with E-state index >= 15 is 0 Å². The molecule has 1 aromatic heterocycles. The van der Waals surface area contributed by atoms with Gasteiger partial charge in [-0.25, -0.2) is 8.78 Å². The fraction of sp³-hybridized carbons (Fsp3) is 0.0769. The number of amides is 2. The number of benzene rings is 3. The fourth-order valence-electron chi connectivity index (χ4n) is 3.86. The minimum absolute atomic E-state index is 0.101. The monoisotopic (exact) mass is 460 g/mol. The van der Waals surface area contributed by atoms with Crippen LogP contribution in [0.3, 0.4) is 0 Å². The Morgan fingerprint density at radius 1 is 0.879 bits per heavy atom. The molecule has 164 valence electrons. The normalized spacial score (nSPS) is 15.2. The third kappa shape index (κ3) is 4.32. The maximum Gasteiger partial charge on any atom is 0.293 e. The van der Waals surface area contributed by atoms with Crippen molar-refractivity contribution in [3.8, 4) is 0 Å². The van der Waals surface area contributed by atoms with E-state index in [-0.39, 0.29) is 12.4 Å². The summed E-state index contributed by atoms with van der Waals surface area (Å²) in [6, 6.07) is 20.3. The number of hydrogen-bond donors (Lipinski definition) is 0. The van der Waals surface area contributed by atoms with Crippen molar-refractivity contribution in [1.82, 2.24) is 9.47 Å². The Kier molecular flexibility index (Phi) is 5.56. The number of thioether (sulfide) groups is 1. The average molecular weight is 461 g/mol. The summed E-state index contributed by atoms with van der Waals surface area (Å²) in [5.41, 5.74) is 2.91. The lowest BCUT2D eigenvalue weighted by molar-refractivity contribution is -0.123. The molecule has 1 saturated heterocycles. The van der Waals surface area contributed by atoms with Gasteiger partial charge in [0.15, 0.2) is 0 Å². The fourth-order valence-corrected chi connectivity index (χ4v) is 4.70. The van der Waals surface area contributed by atoms with Crippen LogP contribution >= 0.6 is 11.8 Å². The highest BCUT2D eigenvalue weighted by Gasteiger charge is 2.35. The van der Waals surface area contributed by atoms with Gasteiger partial charge in [0.05, 0.1) is 11.4 Å². The molecular formula is C26H18F2N2O2S. The van der Waals surface area contributed by atoms with E-state index < -0.39 is 17.0 Å². The van der Waals surface area contributed by atoms with Crippen LogP contribution in [-0.4, -0.2) is 20.6 Å². The van der Waals surface area contributed by atoms with Gasteiger partial charge in [-0.2, -0.15) is 0 Å². The van der Waals surface area contributed by atoms with E-state index in [4.69, 9.17) is 0 Å². The second-order valence-corrected chi connectivity index (χ2v) is 8.74. The number of imide groups is 1. The first kappa shape index (κ1) is 21.2. The lowest BCUT2D eigenvalue weighted by atomic mass is 10.1.